The lowest BCUT2D eigenvalue weighted by Gasteiger charge is -2.22. The zero-order chi connectivity index (χ0) is 24.5. The van der Waals surface area contributed by atoms with Crippen LogP contribution in [-0.4, -0.2) is 22.8 Å². The third-order valence-electron chi connectivity index (χ3n) is 6.28. The normalized spacial score (nSPS) is 11.2. The van der Waals surface area contributed by atoms with Crippen LogP contribution in [0.2, 0.25) is 0 Å². The Morgan fingerprint density at radius 1 is 0.667 bits per heavy atom. The number of rotatable bonds is 20. The Kier molecular flexibility index (Phi) is 15.7. The second-order valence-corrected chi connectivity index (χ2v) is 9.13. The lowest BCUT2D eigenvalue weighted by molar-refractivity contribution is -0.208. The number of hydrogen-bond donors (Lipinski definition) is 2. The van der Waals surface area contributed by atoms with Gasteiger partial charge in [0.2, 0.25) is 5.75 Å². The fourth-order valence-corrected chi connectivity index (χ4v) is 4.38. The van der Waals surface area contributed by atoms with Gasteiger partial charge >= 0.3 is 5.97 Å². The molecular weight excluding hydrogens is 416 g/mol. The van der Waals surface area contributed by atoms with Crippen LogP contribution in [0.4, 0.5) is 0 Å². The molecule has 0 aromatic heterocycles. The van der Waals surface area contributed by atoms with Gasteiger partial charge in [-0.2, -0.15) is 4.89 Å². The average Bonchev–Trinajstić information content (AvgIpc) is 2.79. The molecule has 0 aliphatic rings. The summed E-state index contributed by atoms with van der Waals surface area (Å²) in [6.07, 6.45) is 15.8. The predicted molar refractivity (Wildman–Crippen MR) is 135 cm³/mol. The van der Waals surface area contributed by atoms with Crippen molar-refractivity contribution in [1.82, 2.24) is 0 Å². The summed E-state index contributed by atoms with van der Waals surface area (Å²) >= 11 is 0. The minimum Gasteiger partial charge on any atom is -0.504 e. The lowest BCUT2D eigenvalue weighted by atomic mass is 9.86. The molecular formula is C28H48O5. The van der Waals surface area contributed by atoms with Gasteiger partial charge in [0, 0.05) is 5.56 Å². The largest absolute Gasteiger partial charge is 0.504 e. The summed E-state index contributed by atoms with van der Waals surface area (Å²) in [5.41, 5.74) is 2.81. The molecule has 0 bridgehead atoms. The maximum atomic E-state index is 12.3. The number of carboxylic acids is 1. The Bertz CT molecular complexity index is 684. The molecule has 5 heteroatoms. The lowest BCUT2D eigenvalue weighted by Crippen LogP contribution is -2.14. The number of hydrogen-bond acceptors (Lipinski definition) is 4. The Morgan fingerprint density at radius 2 is 1.15 bits per heavy atom. The highest BCUT2D eigenvalue weighted by molar-refractivity contribution is 5.94. The smallest absolute Gasteiger partial charge is 0.339 e. The third kappa shape index (κ3) is 9.95. The second kappa shape index (κ2) is 17.7. The molecule has 2 N–H and O–H groups in total. The van der Waals surface area contributed by atoms with Crippen LogP contribution in [-0.2, 0) is 24.2 Å². The summed E-state index contributed by atoms with van der Waals surface area (Å²) < 4.78 is 0. The quantitative estimate of drug-likeness (QED) is 0.116. The van der Waals surface area contributed by atoms with E-state index >= 15 is 0 Å². The number of aromatic hydroxyl groups is 1. The zero-order valence-electron chi connectivity index (χ0n) is 21.6. The molecule has 0 saturated carbocycles. The minimum absolute atomic E-state index is 0.00132. The summed E-state index contributed by atoms with van der Waals surface area (Å²) in [5, 5.41) is 21.1. The van der Waals surface area contributed by atoms with Gasteiger partial charge < -0.3 is 15.1 Å². The van der Waals surface area contributed by atoms with Gasteiger partial charge in [-0.1, -0.05) is 85.5 Å². The summed E-state index contributed by atoms with van der Waals surface area (Å²) in [4.78, 5) is 23.5. The highest BCUT2D eigenvalue weighted by atomic mass is 17.2. The van der Waals surface area contributed by atoms with Crippen molar-refractivity contribution in [1.29, 1.82) is 0 Å². The first-order chi connectivity index (χ1) is 16.0. The van der Waals surface area contributed by atoms with Crippen LogP contribution < -0.4 is 4.89 Å². The SMILES string of the molecule is CCCCCCOOc1c(O)c(C(=O)O)c(CCCCC)c(CCCCC)c1CCCCC. The molecule has 1 rings (SSSR count). The molecule has 0 atom stereocenters. The number of carbonyl (C=O) groups is 1. The van der Waals surface area contributed by atoms with Crippen LogP contribution in [0.25, 0.3) is 0 Å². The van der Waals surface area contributed by atoms with Crippen LogP contribution >= 0.6 is 0 Å². The maximum absolute atomic E-state index is 12.3. The number of unbranched alkanes of at least 4 members (excludes halogenated alkanes) is 9. The van der Waals surface area contributed by atoms with Gasteiger partial charge in [0.1, 0.15) is 5.56 Å². The predicted octanol–water partition coefficient (Wildman–Crippen LogP) is 8.18. The molecule has 1 aromatic carbocycles. The molecule has 0 heterocycles. The summed E-state index contributed by atoms with van der Waals surface area (Å²) in [6, 6.07) is 0. The first kappa shape index (κ1) is 29.3. The molecule has 1 aromatic rings. The van der Waals surface area contributed by atoms with E-state index in [4.69, 9.17) is 9.78 Å². The molecule has 190 valence electrons. The van der Waals surface area contributed by atoms with Crippen molar-refractivity contribution >= 4 is 5.97 Å². The molecule has 33 heavy (non-hydrogen) atoms. The van der Waals surface area contributed by atoms with Crippen LogP contribution in [0.1, 0.15) is 138 Å². The van der Waals surface area contributed by atoms with Gasteiger partial charge in [0.05, 0.1) is 6.61 Å². The van der Waals surface area contributed by atoms with Gasteiger partial charge in [0.15, 0.2) is 5.75 Å². The standard InChI is InChI=1S/C28H48O5/c1-5-9-13-17-21-32-33-27-24(20-16-12-8-4)22(18-14-10-6-2)23(19-15-11-7-3)25(26(27)29)28(30)31/h29H,5-21H2,1-4H3,(H,30,31). The molecule has 0 aliphatic carbocycles. The zero-order valence-corrected chi connectivity index (χ0v) is 21.6. The average molecular weight is 465 g/mol. The van der Waals surface area contributed by atoms with Crippen LogP contribution in [0.3, 0.4) is 0 Å². The fraction of sp³-hybridized carbons (Fsp3) is 0.750. The number of benzene rings is 1. The Labute approximate surface area is 201 Å². The molecule has 0 unspecified atom stereocenters. The Morgan fingerprint density at radius 3 is 1.67 bits per heavy atom. The van der Waals surface area contributed by atoms with E-state index in [-0.39, 0.29) is 17.1 Å². The van der Waals surface area contributed by atoms with Gasteiger partial charge in [-0.3, -0.25) is 0 Å². The van der Waals surface area contributed by atoms with Crippen molar-refractivity contribution in [3.8, 4) is 11.5 Å². The first-order valence-corrected chi connectivity index (χ1v) is 13.4. The van der Waals surface area contributed by atoms with Crippen molar-refractivity contribution in [2.75, 3.05) is 6.61 Å². The molecule has 0 radical (unpaired) electrons. The summed E-state index contributed by atoms with van der Waals surface area (Å²) in [5.74, 6) is -1.14. The van der Waals surface area contributed by atoms with Gasteiger partial charge in [-0.05, 0) is 56.1 Å². The van der Waals surface area contributed by atoms with E-state index in [2.05, 4.69) is 27.7 Å². The Hall–Kier alpha value is -1.75. The second-order valence-electron chi connectivity index (χ2n) is 9.13. The fourth-order valence-electron chi connectivity index (χ4n) is 4.38. The van der Waals surface area contributed by atoms with E-state index in [1.54, 1.807) is 0 Å². The Balaban J connectivity index is 3.41. The molecule has 0 saturated heterocycles. The van der Waals surface area contributed by atoms with E-state index < -0.39 is 5.97 Å². The summed E-state index contributed by atoms with van der Waals surface area (Å²) in [6.45, 7) is 9.07. The van der Waals surface area contributed by atoms with Crippen molar-refractivity contribution in [3.63, 3.8) is 0 Å². The molecule has 0 amide bonds. The number of phenols is 1. The van der Waals surface area contributed by atoms with Crippen LogP contribution in [0.5, 0.6) is 11.5 Å². The van der Waals surface area contributed by atoms with E-state index in [1.165, 1.54) is 0 Å². The van der Waals surface area contributed by atoms with Crippen molar-refractivity contribution in [2.24, 2.45) is 0 Å². The maximum Gasteiger partial charge on any atom is 0.339 e. The highest BCUT2D eigenvalue weighted by Gasteiger charge is 2.28. The monoisotopic (exact) mass is 464 g/mol. The summed E-state index contributed by atoms with van der Waals surface area (Å²) in [7, 11) is 0. The van der Waals surface area contributed by atoms with Crippen molar-refractivity contribution in [3.05, 3.63) is 22.3 Å². The molecule has 0 aliphatic heterocycles. The van der Waals surface area contributed by atoms with Crippen LogP contribution in [0, 0.1) is 0 Å². The van der Waals surface area contributed by atoms with Crippen LogP contribution in [0.15, 0.2) is 0 Å². The van der Waals surface area contributed by atoms with Gasteiger partial charge in [-0.25, -0.2) is 4.79 Å². The van der Waals surface area contributed by atoms with E-state index in [0.29, 0.717) is 13.0 Å². The molecule has 5 nitrogen and oxygen atoms in total. The topological polar surface area (TPSA) is 76.0 Å². The van der Waals surface area contributed by atoms with Crippen molar-refractivity contribution < 1.29 is 24.8 Å². The van der Waals surface area contributed by atoms with Gasteiger partial charge in [-0.15, -0.1) is 0 Å². The van der Waals surface area contributed by atoms with E-state index in [0.717, 1.165) is 113 Å². The number of carboxylic acid groups (broad SMARTS) is 1. The van der Waals surface area contributed by atoms with Gasteiger partial charge in [0.25, 0.3) is 0 Å². The number of aromatic carboxylic acids is 1. The molecule has 0 fully saturated rings. The minimum atomic E-state index is -1.09. The van der Waals surface area contributed by atoms with Crippen molar-refractivity contribution in [2.45, 2.75) is 130 Å². The first-order valence-electron chi connectivity index (χ1n) is 13.4. The van der Waals surface area contributed by atoms with E-state index in [9.17, 15) is 15.0 Å². The highest BCUT2D eigenvalue weighted by Crippen LogP contribution is 2.42. The molecule has 0 spiro atoms. The van der Waals surface area contributed by atoms with E-state index in [1.807, 2.05) is 0 Å². The third-order valence-corrected chi connectivity index (χ3v) is 6.28.